The van der Waals surface area contributed by atoms with Crippen molar-refractivity contribution < 1.29 is 13.2 Å². The Labute approximate surface area is 269 Å². The minimum Gasteiger partial charge on any atom is -0.318 e. The molecule has 5 rings (SSSR count). The summed E-state index contributed by atoms with van der Waals surface area (Å²) in [5.74, 6) is -0.537. The summed E-state index contributed by atoms with van der Waals surface area (Å²) in [6.07, 6.45) is 1.61. The molecule has 45 heavy (non-hydrogen) atoms. The van der Waals surface area contributed by atoms with Crippen LogP contribution in [0.3, 0.4) is 0 Å². The van der Waals surface area contributed by atoms with Crippen LogP contribution in [0.25, 0.3) is 5.69 Å². The predicted octanol–water partition coefficient (Wildman–Crippen LogP) is 7.83. The second-order valence-corrected chi connectivity index (χ2v) is 13.4. The Morgan fingerprint density at radius 2 is 1.56 bits per heavy atom. The van der Waals surface area contributed by atoms with Crippen LogP contribution in [0.2, 0.25) is 5.02 Å². The summed E-state index contributed by atoms with van der Waals surface area (Å²) in [5, 5.41) is 4.80. The first-order chi connectivity index (χ1) is 21.5. The summed E-state index contributed by atoms with van der Waals surface area (Å²) in [6.45, 7) is 10.1. The summed E-state index contributed by atoms with van der Waals surface area (Å²) in [7, 11) is -4.06. The maximum Gasteiger partial charge on any atom is 0.273 e. The fourth-order valence-corrected chi connectivity index (χ4v) is 6.77. The molecular weight excluding hydrogens is 604 g/mol. The predicted molar refractivity (Wildman–Crippen MR) is 182 cm³/mol. The van der Waals surface area contributed by atoms with E-state index in [0.717, 1.165) is 28.2 Å². The van der Waals surface area contributed by atoms with E-state index >= 15 is 0 Å². The van der Waals surface area contributed by atoms with E-state index in [0.29, 0.717) is 10.6 Å². The Hall–Kier alpha value is -4.66. The highest BCUT2D eigenvalue weighted by Gasteiger charge is 2.28. The zero-order valence-corrected chi connectivity index (χ0v) is 27.4. The largest absolute Gasteiger partial charge is 0.318 e. The molecule has 1 amide bonds. The highest BCUT2D eigenvalue weighted by Crippen LogP contribution is 2.30. The molecule has 0 fully saturated rings. The third-order valence-electron chi connectivity index (χ3n) is 7.85. The molecule has 1 N–H and O–H groups in total. The van der Waals surface area contributed by atoms with Crippen LogP contribution in [0.15, 0.2) is 107 Å². The molecule has 1 heterocycles. The summed E-state index contributed by atoms with van der Waals surface area (Å²) in [6, 6.07) is 28.5. The van der Waals surface area contributed by atoms with Crippen molar-refractivity contribution >= 4 is 39.4 Å². The number of rotatable bonds is 9. The average Bonchev–Trinajstić information content (AvgIpc) is 3.30. The smallest absolute Gasteiger partial charge is 0.273 e. The van der Waals surface area contributed by atoms with Crippen LogP contribution in [-0.4, -0.2) is 25.1 Å². The van der Waals surface area contributed by atoms with Crippen LogP contribution in [0.1, 0.15) is 49.6 Å². The minimum atomic E-state index is -4.06. The van der Waals surface area contributed by atoms with Crippen LogP contribution < -0.4 is 9.73 Å². The van der Waals surface area contributed by atoms with Crippen molar-refractivity contribution in [2.24, 2.45) is 5.10 Å². The van der Waals surface area contributed by atoms with E-state index in [2.05, 4.69) is 47.1 Å². The highest BCUT2D eigenvalue weighted by molar-refractivity contribution is 7.92. The maximum atomic E-state index is 14.1. The number of benzene rings is 4. The quantitative estimate of drug-likeness (QED) is 0.132. The standard InChI is InChI=1S/C36H35ClN4O3S/c1-24-10-18-33(19-11-24)45(43,44)40(23-29-13-15-31(37)16-14-29)35-9-7-6-8-34(35)36(42)39-38-22-30-21-27(4)41(28(30)5)32-17-12-25(2)26(3)20-32/h6-22H,23H2,1-5H3,(H,39,42). The molecule has 0 aliphatic carbocycles. The fraction of sp³-hybridized carbons (Fsp3) is 0.167. The molecule has 0 radical (unpaired) electrons. The van der Waals surface area contributed by atoms with Gasteiger partial charge in [-0.1, -0.05) is 59.6 Å². The van der Waals surface area contributed by atoms with Crippen LogP contribution in [-0.2, 0) is 16.6 Å². The molecule has 4 aromatic carbocycles. The number of amides is 1. The third-order valence-corrected chi connectivity index (χ3v) is 9.88. The molecule has 0 aliphatic heterocycles. The lowest BCUT2D eigenvalue weighted by atomic mass is 10.1. The third kappa shape index (κ3) is 6.87. The SMILES string of the molecule is Cc1ccc(S(=O)(=O)N(Cc2ccc(Cl)cc2)c2ccccc2C(=O)NN=Cc2cc(C)n(-c3ccc(C)c(C)c3)c2C)cc1. The number of carbonyl (C=O) groups excluding carboxylic acids is 1. The molecular formula is C36H35ClN4O3S. The number of nitrogens with one attached hydrogen (secondary N) is 1. The number of nitrogens with zero attached hydrogens (tertiary/aromatic N) is 3. The number of halogens is 1. The van der Waals surface area contributed by atoms with Gasteiger partial charge in [0.1, 0.15) is 0 Å². The van der Waals surface area contributed by atoms with E-state index in [1.165, 1.54) is 15.4 Å². The van der Waals surface area contributed by atoms with Gasteiger partial charge in [-0.05, 0) is 106 Å². The number of hydrogen-bond donors (Lipinski definition) is 1. The van der Waals surface area contributed by atoms with Crippen molar-refractivity contribution in [1.29, 1.82) is 0 Å². The number of hydrogen-bond acceptors (Lipinski definition) is 4. The zero-order chi connectivity index (χ0) is 32.3. The number of aromatic nitrogens is 1. The van der Waals surface area contributed by atoms with Crippen LogP contribution >= 0.6 is 11.6 Å². The average molecular weight is 639 g/mol. The summed E-state index contributed by atoms with van der Waals surface area (Å²) in [5.41, 5.74) is 11.0. The first kappa shape index (κ1) is 31.8. The molecule has 230 valence electrons. The minimum absolute atomic E-state index is 0.00852. The van der Waals surface area contributed by atoms with Gasteiger partial charge in [0.2, 0.25) is 0 Å². The fourth-order valence-electron chi connectivity index (χ4n) is 5.18. The molecule has 5 aromatic rings. The van der Waals surface area contributed by atoms with Gasteiger partial charge in [-0.2, -0.15) is 5.10 Å². The first-order valence-electron chi connectivity index (χ1n) is 14.5. The number of aryl methyl sites for hydroxylation is 4. The lowest BCUT2D eigenvalue weighted by Crippen LogP contribution is -2.33. The molecule has 9 heteroatoms. The number of para-hydroxylation sites is 1. The topological polar surface area (TPSA) is 83.8 Å². The lowest BCUT2D eigenvalue weighted by molar-refractivity contribution is 0.0955. The van der Waals surface area contributed by atoms with E-state index in [4.69, 9.17) is 11.6 Å². The Morgan fingerprint density at radius 1 is 0.867 bits per heavy atom. The van der Waals surface area contributed by atoms with Crippen LogP contribution in [0.5, 0.6) is 0 Å². The van der Waals surface area contributed by atoms with Gasteiger partial charge in [0.25, 0.3) is 15.9 Å². The summed E-state index contributed by atoms with van der Waals surface area (Å²) < 4.78 is 31.5. The Kier molecular flexibility index (Phi) is 9.27. The van der Waals surface area contributed by atoms with Gasteiger partial charge >= 0.3 is 0 Å². The van der Waals surface area contributed by atoms with Crippen molar-refractivity contribution in [2.75, 3.05) is 4.31 Å². The van der Waals surface area contributed by atoms with Crippen LogP contribution in [0.4, 0.5) is 5.69 Å². The number of hydrazone groups is 1. The molecule has 0 spiro atoms. The number of anilines is 1. The molecule has 7 nitrogen and oxygen atoms in total. The van der Waals surface area contributed by atoms with E-state index in [1.807, 2.05) is 26.8 Å². The lowest BCUT2D eigenvalue weighted by Gasteiger charge is -2.26. The maximum absolute atomic E-state index is 14.1. The number of sulfonamides is 1. The molecule has 1 aromatic heterocycles. The van der Waals surface area contributed by atoms with Crippen molar-refractivity contribution in [3.63, 3.8) is 0 Å². The van der Waals surface area contributed by atoms with E-state index < -0.39 is 15.9 Å². The molecule has 0 aliphatic rings. The van der Waals surface area contributed by atoms with Gasteiger partial charge in [-0.25, -0.2) is 13.8 Å². The monoisotopic (exact) mass is 638 g/mol. The normalized spacial score (nSPS) is 11.6. The van der Waals surface area contributed by atoms with Crippen molar-refractivity contribution in [3.8, 4) is 5.69 Å². The van der Waals surface area contributed by atoms with Gasteiger partial charge in [0.05, 0.1) is 28.9 Å². The van der Waals surface area contributed by atoms with E-state index in [1.54, 1.807) is 79.0 Å². The van der Waals surface area contributed by atoms with E-state index in [9.17, 15) is 13.2 Å². The van der Waals surface area contributed by atoms with Gasteiger partial charge in [0, 0.05) is 27.7 Å². The van der Waals surface area contributed by atoms with Gasteiger partial charge in [-0.15, -0.1) is 0 Å². The molecule has 0 saturated carbocycles. The van der Waals surface area contributed by atoms with Crippen LogP contribution in [0, 0.1) is 34.6 Å². The van der Waals surface area contributed by atoms with E-state index in [-0.39, 0.29) is 22.7 Å². The first-order valence-corrected chi connectivity index (χ1v) is 16.3. The molecule has 0 bridgehead atoms. The van der Waals surface area contributed by atoms with Gasteiger partial charge in [0.15, 0.2) is 0 Å². The second kappa shape index (κ2) is 13.1. The van der Waals surface area contributed by atoms with Gasteiger partial charge < -0.3 is 4.57 Å². The summed E-state index contributed by atoms with van der Waals surface area (Å²) >= 11 is 6.09. The highest BCUT2D eigenvalue weighted by atomic mass is 35.5. The molecule has 0 saturated heterocycles. The molecule has 0 unspecified atom stereocenters. The van der Waals surface area contributed by atoms with Gasteiger partial charge in [-0.3, -0.25) is 9.10 Å². The van der Waals surface area contributed by atoms with Crippen molar-refractivity contribution in [3.05, 3.63) is 147 Å². The van der Waals surface area contributed by atoms with Crippen molar-refractivity contribution in [1.82, 2.24) is 9.99 Å². The summed E-state index contributed by atoms with van der Waals surface area (Å²) in [4.78, 5) is 13.7. The molecule has 0 atom stereocenters. The zero-order valence-electron chi connectivity index (χ0n) is 25.9. The Morgan fingerprint density at radius 3 is 2.24 bits per heavy atom. The Bertz CT molecular complexity index is 2000. The number of carbonyl (C=O) groups is 1. The second-order valence-electron chi connectivity index (χ2n) is 11.1. The van der Waals surface area contributed by atoms with Crippen molar-refractivity contribution in [2.45, 2.75) is 46.1 Å². The Balaban J connectivity index is 1.46.